The predicted molar refractivity (Wildman–Crippen MR) is 105 cm³/mol. The molecule has 26 heavy (non-hydrogen) atoms. The second-order valence-electron chi connectivity index (χ2n) is 6.62. The summed E-state index contributed by atoms with van der Waals surface area (Å²) in [5.41, 5.74) is 0.923. The minimum atomic E-state index is -0.367. The van der Waals surface area contributed by atoms with Crippen LogP contribution < -0.4 is 10.1 Å². The summed E-state index contributed by atoms with van der Waals surface area (Å²) in [6.45, 7) is 3.14. The largest absolute Gasteiger partial charge is 0.477 e. The topological polar surface area (TPSA) is 51.2 Å². The molecule has 0 spiro atoms. The van der Waals surface area contributed by atoms with Crippen LogP contribution in [0.4, 0.5) is 0 Å². The molecule has 2 aromatic rings. The SMILES string of the molecule is CCCOc1ncccc1CNC(=O)C1(Sc2ccccc2)CCCC1. The lowest BCUT2D eigenvalue weighted by Crippen LogP contribution is -2.42. The Kier molecular flexibility index (Phi) is 6.56. The van der Waals surface area contributed by atoms with Crippen LogP contribution in [0.1, 0.15) is 44.6 Å². The third-order valence-electron chi connectivity index (χ3n) is 4.61. The molecule has 0 saturated heterocycles. The van der Waals surface area contributed by atoms with Crippen molar-refractivity contribution in [1.29, 1.82) is 0 Å². The molecule has 0 atom stereocenters. The Hall–Kier alpha value is -2.01. The number of carbonyl (C=O) groups excluding carboxylic acids is 1. The van der Waals surface area contributed by atoms with E-state index in [1.54, 1.807) is 18.0 Å². The van der Waals surface area contributed by atoms with Gasteiger partial charge in [0.15, 0.2) is 0 Å². The van der Waals surface area contributed by atoms with Crippen LogP contribution in [0.15, 0.2) is 53.6 Å². The Labute approximate surface area is 159 Å². The van der Waals surface area contributed by atoms with Gasteiger partial charge in [0, 0.05) is 23.2 Å². The molecule has 138 valence electrons. The van der Waals surface area contributed by atoms with E-state index in [1.807, 2.05) is 30.3 Å². The van der Waals surface area contributed by atoms with E-state index in [9.17, 15) is 4.79 Å². The molecule has 4 nitrogen and oxygen atoms in total. The molecule has 1 aromatic carbocycles. The standard InChI is InChI=1S/C21H26N2O2S/c1-2-15-25-19-17(9-8-14-22-19)16-23-20(24)21(12-6-7-13-21)26-18-10-4-3-5-11-18/h3-5,8-11,14H,2,6-7,12-13,15-16H2,1H3,(H,23,24). The number of pyridine rings is 1. The van der Waals surface area contributed by atoms with Crippen molar-refractivity contribution in [1.82, 2.24) is 10.3 Å². The number of rotatable bonds is 8. The Morgan fingerprint density at radius 1 is 1.19 bits per heavy atom. The van der Waals surface area contributed by atoms with Crippen LogP contribution in [0, 0.1) is 0 Å². The number of nitrogens with one attached hydrogen (secondary N) is 1. The van der Waals surface area contributed by atoms with Crippen molar-refractivity contribution in [3.63, 3.8) is 0 Å². The number of hydrogen-bond donors (Lipinski definition) is 1. The predicted octanol–water partition coefficient (Wildman–Crippen LogP) is 4.59. The summed E-state index contributed by atoms with van der Waals surface area (Å²) in [7, 11) is 0. The van der Waals surface area contributed by atoms with E-state index in [0.29, 0.717) is 19.0 Å². The van der Waals surface area contributed by atoms with E-state index in [0.717, 1.165) is 42.6 Å². The summed E-state index contributed by atoms with van der Waals surface area (Å²) in [6, 6.07) is 14.1. The van der Waals surface area contributed by atoms with Gasteiger partial charge in [-0.25, -0.2) is 4.98 Å². The first-order valence-electron chi connectivity index (χ1n) is 9.32. The maximum atomic E-state index is 13.1. The molecular weight excluding hydrogens is 344 g/mol. The van der Waals surface area contributed by atoms with Crippen LogP contribution in [0.25, 0.3) is 0 Å². The molecule has 5 heteroatoms. The van der Waals surface area contributed by atoms with Crippen LogP contribution in [0.3, 0.4) is 0 Å². The van der Waals surface area contributed by atoms with Gasteiger partial charge in [-0.15, -0.1) is 11.8 Å². The lowest BCUT2D eigenvalue weighted by Gasteiger charge is -2.27. The number of nitrogens with zero attached hydrogens (tertiary/aromatic N) is 1. The second-order valence-corrected chi connectivity index (χ2v) is 8.07. The number of thioether (sulfide) groups is 1. The van der Waals surface area contributed by atoms with Gasteiger partial charge >= 0.3 is 0 Å². The molecule has 0 unspecified atom stereocenters. The van der Waals surface area contributed by atoms with Gasteiger partial charge in [0.05, 0.1) is 11.4 Å². The van der Waals surface area contributed by atoms with Gasteiger partial charge in [0.1, 0.15) is 0 Å². The molecule has 0 bridgehead atoms. The third kappa shape index (κ3) is 4.58. The second kappa shape index (κ2) is 9.08. The van der Waals surface area contributed by atoms with Crippen molar-refractivity contribution in [3.05, 3.63) is 54.2 Å². The van der Waals surface area contributed by atoms with E-state index in [2.05, 4.69) is 29.4 Å². The maximum Gasteiger partial charge on any atom is 0.236 e. The first-order chi connectivity index (χ1) is 12.7. The summed E-state index contributed by atoms with van der Waals surface area (Å²) >= 11 is 1.70. The zero-order valence-corrected chi connectivity index (χ0v) is 16.1. The zero-order valence-electron chi connectivity index (χ0n) is 15.2. The third-order valence-corrected chi connectivity index (χ3v) is 6.11. The van der Waals surface area contributed by atoms with Gasteiger partial charge < -0.3 is 10.1 Å². The normalized spacial score (nSPS) is 15.6. The van der Waals surface area contributed by atoms with Crippen LogP contribution >= 0.6 is 11.8 Å². The highest BCUT2D eigenvalue weighted by atomic mass is 32.2. The van der Waals surface area contributed by atoms with E-state index >= 15 is 0 Å². The van der Waals surface area contributed by atoms with Gasteiger partial charge in [-0.2, -0.15) is 0 Å². The fourth-order valence-electron chi connectivity index (χ4n) is 3.26. The van der Waals surface area contributed by atoms with E-state index in [1.165, 1.54) is 0 Å². The first kappa shape index (κ1) is 18.8. The fourth-order valence-corrected chi connectivity index (χ4v) is 4.66. The summed E-state index contributed by atoms with van der Waals surface area (Å²) in [5.74, 6) is 0.736. The highest BCUT2D eigenvalue weighted by Gasteiger charge is 2.42. The van der Waals surface area contributed by atoms with E-state index in [-0.39, 0.29) is 10.7 Å². The van der Waals surface area contributed by atoms with E-state index < -0.39 is 0 Å². The van der Waals surface area contributed by atoms with Gasteiger partial charge in [0.25, 0.3) is 0 Å². The van der Waals surface area contributed by atoms with Gasteiger partial charge in [-0.1, -0.05) is 44.0 Å². The minimum Gasteiger partial charge on any atom is -0.477 e. The van der Waals surface area contributed by atoms with Crippen molar-refractivity contribution in [2.24, 2.45) is 0 Å². The molecule has 3 rings (SSSR count). The van der Waals surface area contributed by atoms with Crippen molar-refractivity contribution in [2.75, 3.05) is 6.61 Å². The minimum absolute atomic E-state index is 0.120. The van der Waals surface area contributed by atoms with Crippen LogP contribution in [-0.2, 0) is 11.3 Å². The van der Waals surface area contributed by atoms with Crippen LogP contribution in [0.5, 0.6) is 5.88 Å². The van der Waals surface area contributed by atoms with Gasteiger partial charge in [0.2, 0.25) is 11.8 Å². The molecule has 1 amide bonds. The Bertz CT molecular complexity index is 715. The number of benzene rings is 1. The van der Waals surface area contributed by atoms with Gasteiger partial charge in [-0.3, -0.25) is 4.79 Å². The zero-order chi connectivity index (χ0) is 18.2. The van der Waals surface area contributed by atoms with Crippen molar-refractivity contribution in [3.8, 4) is 5.88 Å². The lowest BCUT2D eigenvalue weighted by molar-refractivity contribution is -0.123. The molecule has 1 N–H and O–H groups in total. The summed E-state index contributed by atoms with van der Waals surface area (Å²) in [4.78, 5) is 18.5. The lowest BCUT2D eigenvalue weighted by atomic mass is 10.1. The molecule has 1 heterocycles. The van der Waals surface area contributed by atoms with Crippen LogP contribution in [0.2, 0.25) is 0 Å². The number of hydrogen-bond acceptors (Lipinski definition) is 4. The number of aromatic nitrogens is 1. The average molecular weight is 371 g/mol. The molecule has 1 aromatic heterocycles. The Morgan fingerprint density at radius 3 is 2.69 bits per heavy atom. The van der Waals surface area contributed by atoms with Crippen molar-refractivity contribution >= 4 is 17.7 Å². The van der Waals surface area contributed by atoms with Gasteiger partial charge in [-0.05, 0) is 37.5 Å². The molecular formula is C21H26N2O2S. The highest BCUT2D eigenvalue weighted by molar-refractivity contribution is 8.01. The molecule has 1 fully saturated rings. The van der Waals surface area contributed by atoms with Crippen molar-refractivity contribution in [2.45, 2.75) is 55.2 Å². The molecule has 1 aliphatic rings. The molecule has 0 aliphatic heterocycles. The summed E-state index contributed by atoms with van der Waals surface area (Å²) in [6.07, 6.45) is 6.70. The molecule has 0 radical (unpaired) electrons. The highest BCUT2D eigenvalue weighted by Crippen LogP contribution is 2.45. The average Bonchev–Trinajstić information content (AvgIpc) is 3.15. The summed E-state index contributed by atoms with van der Waals surface area (Å²) < 4.78 is 5.33. The number of amides is 1. The number of carbonyl (C=O) groups is 1. The molecule has 1 aliphatic carbocycles. The Morgan fingerprint density at radius 2 is 1.96 bits per heavy atom. The molecule has 1 saturated carbocycles. The van der Waals surface area contributed by atoms with E-state index in [4.69, 9.17) is 4.74 Å². The quantitative estimate of drug-likeness (QED) is 0.738. The maximum absolute atomic E-state index is 13.1. The Balaban J connectivity index is 1.68. The van der Waals surface area contributed by atoms with Crippen molar-refractivity contribution < 1.29 is 9.53 Å². The van der Waals surface area contributed by atoms with Crippen LogP contribution in [-0.4, -0.2) is 22.2 Å². The summed E-state index contributed by atoms with van der Waals surface area (Å²) in [5, 5.41) is 3.14. The number of ether oxygens (including phenoxy) is 1. The monoisotopic (exact) mass is 370 g/mol. The fraction of sp³-hybridized carbons (Fsp3) is 0.429. The first-order valence-corrected chi connectivity index (χ1v) is 10.1. The smallest absolute Gasteiger partial charge is 0.236 e.